The molecule has 1 amide bonds. The molecule has 0 saturated carbocycles. The van der Waals surface area contributed by atoms with E-state index in [0.29, 0.717) is 18.4 Å². The molecule has 5 heteroatoms. The number of primary amides is 1. The number of rotatable bonds is 2. The SMILES string of the molecule is NC(=O)CN1C[C@H]2C[C@H](C1)c1cccc(=O)n1C2. The van der Waals surface area contributed by atoms with Crippen LogP contribution in [-0.4, -0.2) is 35.0 Å². The van der Waals surface area contributed by atoms with Crippen molar-refractivity contribution in [1.82, 2.24) is 9.47 Å². The average Bonchev–Trinajstić information content (AvgIpc) is 2.29. The minimum atomic E-state index is -0.277. The second kappa shape index (κ2) is 4.24. The molecule has 0 unspecified atom stereocenters. The first-order chi connectivity index (χ1) is 8.63. The maximum Gasteiger partial charge on any atom is 0.250 e. The molecule has 2 aliphatic heterocycles. The number of fused-ring (bicyclic) bond motifs is 4. The standard InChI is InChI=1S/C13H17N3O2/c14-12(17)8-15-5-9-4-10(7-15)11-2-1-3-13(18)16(11)6-9/h1-3,9-10H,4-8H2,(H2,14,17)/t9-,10-/m1/s1. The van der Waals surface area contributed by atoms with Gasteiger partial charge >= 0.3 is 0 Å². The fraction of sp³-hybridized carbons (Fsp3) is 0.538. The monoisotopic (exact) mass is 247 g/mol. The molecule has 18 heavy (non-hydrogen) atoms. The zero-order valence-electron chi connectivity index (χ0n) is 10.2. The van der Waals surface area contributed by atoms with E-state index in [9.17, 15) is 9.59 Å². The Kier molecular flexibility index (Phi) is 2.70. The van der Waals surface area contributed by atoms with Crippen LogP contribution in [0.4, 0.5) is 0 Å². The van der Waals surface area contributed by atoms with E-state index in [4.69, 9.17) is 5.73 Å². The van der Waals surface area contributed by atoms with E-state index in [2.05, 4.69) is 4.90 Å². The maximum absolute atomic E-state index is 11.8. The Bertz CT molecular complexity index is 537. The summed E-state index contributed by atoms with van der Waals surface area (Å²) < 4.78 is 1.89. The summed E-state index contributed by atoms with van der Waals surface area (Å²) in [7, 11) is 0. The summed E-state index contributed by atoms with van der Waals surface area (Å²) in [6.07, 6.45) is 1.11. The van der Waals surface area contributed by atoms with Gasteiger partial charge in [-0.1, -0.05) is 6.07 Å². The van der Waals surface area contributed by atoms with Crippen molar-refractivity contribution in [3.8, 4) is 0 Å². The molecule has 96 valence electrons. The van der Waals surface area contributed by atoms with Gasteiger partial charge in [-0.3, -0.25) is 14.5 Å². The number of carbonyl (C=O) groups is 1. The molecule has 2 bridgehead atoms. The third kappa shape index (κ3) is 1.95. The van der Waals surface area contributed by atoms with Crippen LogP contribution < -0.4 is 11.3 Å². The molecule has 0 spiro atoms. The zero-order chi connectivity index (χ0) is 12.7. The van der Waals surface area contributed by atoms with E-state index in [0.717, 1.165) is 31.7 Å². The molecule has 5 nitrogen and oxygen atoms in total. The van der Waals surface area contributed by atoms with Gasteiger partial charge in [0.15, 0.2) is 0 Å². The first-order valence-corrected chi connectivity index (χ1v) is 6.34. The normalized spacial score (nSPS) is 26.7. The van der Waals surface area contributed by atoms with Crippen LogP contribution in [-0.2, 0) is 11.3 Å². The van der Waals surface area contributed by atoms with Crippen molar-refractivity contribution in [3.63, 3.8) is 0 Å². The van der Waals surface area contributed by atoms with Gasteiger partial charge in [0.2, 0.25) is 5.91 Å². The van der Waals surface area contributed by atoms with Gasteiger partial charge in [-0.15, -0.1) is 0 Å². The van der Waals surface area contributed by atoms with Crippen molar-refractivity contribution >= 4 is 5.91 Å². The fourth-order valence-electron chi connectivity index (χ4n) is 3.35. The topological polar surface area (TPSA) is 68.3 Å². The number of carbonyl (C=O) groups excluding carboxylic acids is 1. The molecule has 0 aliphatic carbocycles. The van der Waals surface area contributed by atoms with Crippen LogP contribution >= 0.6 is 0 Å². The highest BCUT2D eigenvalue weighted by Crippen LogP contribution is 2.34. The van der Waals surface area contributed by atoms with Crippen LogP contribution in [0.15, 0.2) is 23.0 Å². The summed E-state index contributed by atoms with van der Waals surface area (Å²) in [4.78, 5) is 25.0. The summed E-state index contributed by atoms with van der Waals surface area (Å²) >= 11 is 0. The summed E-state index contributed by atoms with van der Waals surface area (Å²) in [5, 5.41) is 0. The van der Waals surface area contributed by atoms with Crippen LogP contribution in [0.3, 0.4) is 0 Å². The molecule has 1 fully saturated rings. The second-order valence-corrected chi connectivity index (χ2v) is 5.36. The number of nitrogens with zero attached hydrogens (tertiary/aromatic N) is 2. The molecule has 1 aromatic rings. The lowest BCUT2D eigenvalue weighted by atomic mass is 9.83. The number of piperidine rings is 1. The second-order valence-electron chi connectivity index (χ2n) is 5.36. The number of aromatic nitrogens is 1. The average molecular weight is 247 g/mol. The summed E-state index contributed by atoms with van der Waals surface area (Å²) in [5.74, 6) is 0.530. The van der Waals surface area contributed by atoms with Crippen molar-refractivity contribution in [2.75, 3.05) is 19.6 Å². The van der Waals surface area contributed by atoms with Crippen LogP contribution in [0.25, 0.3) is 0 Å². The van der Waals surface area contributed by atoms with Gasteiger partial charge in [0.25, 0.3) is 5.56 Å². The number of hydrogen-bond acceptors (Lipinski definition) is 3. The Morgan fingerprint density at radius 2 is 2.17 bits per heavy atom. The third-order valence-electron chi connectivity index (χ3n) is 3.93. The molecule has 3 rings (SSSR count). The van der Waals surface area contributed by atoms with Crippen molar-refractivity contribution in [3.05, 3.63) is 34.2 Å². The molecule has 1 aromatic heterocycles. The largest absolute Gasteiger partial charge is 0.369 e. The van der Waals surface area contributed by atoms with Gasteiger partial charge in [0.1, 0.15) is 0 Å². The minimum Gasteiger partial charge on any atom is -0.369 e. The lowest BCUT2D eigenvalue weighted by Gasteiger charge is -2.42. The van der Waals surface area contributed by atoms with Crippen molar-refractivity contribution in [2.24, 2.45) is 11.7 Å². The Morgan fingerprint density at radius 3 is 2.94 bits per heavy atom. The highest BCUT2D eigenvalue weighted by Gasteiger charge is 2.34. The van der Waals surface area contributed by atoms with Gasteiger partial charge < -0.3 is 10.3 Å². The van der Waals surface area contributed by atoms with Gasteiger partial charge in [0.05, 0.1) is 6.54 Å². The minimum absolute atomic E-state index is 0.0885. The molecule has 3 heterocycles. The molecule has 2 N–H and O–H groups in total. The van der Waals surface area contributed by atoms with Gasteiger partial charge in [0, 0.05) is 37.3 Å². The fourth-order valence-corrected chi connectivity index (χ4v) is 3.35. The number of nitrogens with two attached hydrogens (primary N) is 1. The molecule has 0 aromatic carbocycles. The number of pyridine rings is 1. The molecular formula is C13H17N3O2. The summed E-state index contributed by atoms with van der Waals surface area (Å²) in [6, 6.07) is 5.46. The summed E-state index contributed by atoms with van der Waals surface area (Å²) in [6.45, 7) is 2.77. The predicted molar refractivity (Wildman–Crippen MR) is 67.2 cm³/mol. The van der Waals surface area contributed by atoms with Gasteiger partial charge in [-0.2, -0.15) is 0 Å². The van der Waals surface area contributed by atoms with E-state index < -0.39 is 0 Å². The Hall–Kier alpha value is -1.62. The van der Waals surface area contributed by atoms with E-state index in [-0.39, 0.29) is 11.5 Å². The first-order valence-electron chi connectivity index (χ1n) is 6.34. The highest BCUT2D eigenvalue weighted by molar-refractivity contribution is 5.75. The highest BCUT2D eigenvalue weighted by atomic mass is 16.1. The zero-order valence-corrected chi connectivity index (χ0v) is 10.2. The third-order valence-corrected chi connectivity index (χ3v) is 3.93. The predicted octanol–water partition coefficient (Wildman–Crippen LogP) is -0.247. The van der Waals surface area contributed by atoms with Crippen LogP contribution in [0.2, 0.25) is 0 Å². The van der Waals surface area contributed by atoms with E-state index in [1.54, 1.807) is 6.07 Å². The molecular weight excluding hydrogens is 230 g/mol. The smallest absolute Gasteiger partial charge is 0.250 e. The number of amides is 1. The number of likely N-dealkylation sites (tertiary alicyclic amines) is 1. The van der Waals surface area contributed by atoms with Gasteiger partial charge in [-0.25, -0.2) is 0 Å². The first kappa shape index (κ1) is 11.5. The molecule has 2 aliphatic rings. The van der Waals surface area contributed by atoms with E-state index in [1.807, 2.05) is 16.7 Å². The lowest BCUT2D eigenvalue weighted by Crippen LogP contribution is -2.49. The summed E-state index contributed by atoms with van der Waals surface area (Å²) in [5.41, 5.74) is 6.45. The van der Waals surface area contributed by atoms with Crippen LogP contribution in [0.1, 0.15) is 18.0 Å². The van der Waals surface area contributed by atoms with Crippen LogP contribution in [0.5, 0.6) is 0 Å². The van der Waals surface area contributed by atoms with Crippen molar-refractivity contribution < 1.29 is 4.79 Å². The Labute approximate surface area is 105 Å². The van der Waals surface area contributed by atoms with E-state index in [1.165, 1.54) is 0 Å². The molecule has 1 saturated heterocycles. The van der Waals surface area contributed by atoms with Crippen molar-refractivity contribution in [2.45, 2.75) is 18.9 Å². The Balaban J connectivity index is 1.90. The molecule has 0 radical (unpaired) electrons. The quantitative estimate of drug-likeness (QED) is 0.783. The maximum atomic E-state index is 11.8. The van der Waals surface area contributed by atoms with Crippen LogP contribution in [0, 0.1) is 5.92 Å². The molecule has 2 atom stereocenters. The lowest BCUT2D eigenvalue weighted by molar-refractivity contribution is -0.119. The Morgan fingerprint density at radius 1 is 1.33 bits per heavy atom. The van der Waals surface area contributed by atoms with Gasteiger partial charge in [-0.05, 0) is 18.4 Å². The van der Waals surface area contributed by atoms with Crippen molar-refractivity contribution in [1.29, 1.82) is 0 Å². The number of hydrogen-bond donors (Lipinski definition) is 1. The van der Waals surface area contributed by atoms with E-state index >= 15 is 0 Å².